The molecule has 0 aromatic rings. The topological polar surface area (TPSA) is 38.4 Å². The third-order valence-electron chi connectivity index (χ3n) is 2.07. The molecule has 0 spiro atoms. The molecule has 0 radical (unpaired) electrons. The molecule has 0 saturated carbocycles. The van der Waals surface area contributed by atoms with Crippen molar-refractivity contribution in [2.75, 3.05) is 0 Å². The average molecular weight is 204 g/mol. The van der Waals surface area contributed by atoms with Crippen LogP contribution in [0.25, 0.3) is 0 Å². The summed E-state index contributed by atoms with van der Waals surface area (Å²) in [4.78, 5) is 4.16. The molecule has 0 aliphatic heterocycles. The Kier molecular flexibility index (Phi) is 6.11. The fourth-order valence-electron chi connectivity index (χ4n) is 1.49. The van der Waals surface area contributed by atoms with Crippen molar-refractivity contribution < 1.29 is 0 Å². The number of allylic oxidation sites excluding steroid dienone is 5. The van der Waals surface area contributed by atoms with Gasteiger partial charge in [-0.25, -0.2) is 0 Å². The molecular weight excluding hydrogens is 184 g/mol. The van der Waals surface area contributed by atoms with Gasteiger partial charge in [-0.1, -0.05) is 18.7 Å². The normalized spacial score (nSPS) is 14.6. The second kappa shape index (κ2) is 6.82. The van der Waals surface area contributed by atoms with E-state index in [1.165, 1.54) is 6.20 Å². The van der Waals surface area contributed by atoms with E-state index in [0.717, 1.165) is 29.0 Å². The van der Waals surface area contributed by atoms with Crippen molar-refractivity contribution in [3.63, 3.8) is 0 Å². The lowest BCUT2D eigenvalue weighted by Crippen LogP contribution is -2.08. The summed E-state index contributed by atoms with van der Waals surface area (Å²) in [5.41, 5.74) is 9.67. The van der Waals surface area contributed by atoms with Gasteiger partial charge in [-0.3, -0.25) is 4.99 Å². The van der Waals surface area contributed by atoms with Crippen molar-refractivity contribution in [1.82, 2.24) is 0 Å². The molecule has 0 aliphatic carbocycles. The van der Waals surface area contributed by atoms with Gasteiger partial charge in [0.2, 0.25) is 0 Å². The molecule has 0 atom stereocenters. The van der Waals surface area contributed by atoms with Crippen molar-refractivity contribution in [2.24, 2.45) is 10.7 Å². The number of aliphatic imine (C=N–C) groups is 1. The number of hydrogen-bond acceptors (Lipinski definition) is 2. The summed E-state index contributed by atoms with van der Waals surface area (Å²) in [5, 5.41) is 0. The average Bonchev–Trinajstić information content (AvgIpc) is 2.16. The molecule has 2 N–H and O–H groups in total. The molecule has 0 rings (SSSR count). The van der Waals surface area contributed by atoms with E-state index >= 15 is 0 Å². The van der Waals surface area contributed by atoms with Crippen molar-refractivity contribution in [1.29, 1.82) is 0 Å². The van der Waals surface area contributed by atoms with Gasteiger partial charge >= 0.3 is 0 Å². The molecule has 0 aromatic carbocycles. The molecule has 0 heterocycles. The predicted octanol–water partition coefficient (Wildman–Crippen LogP) is 3.35. The monoisotopic (exact) mass is 204 g/mol. The van der Waals surface area contributed by atoms with Crippen LogP contribution in [0, 0.1) is 0 Å². The molecule has 0 aromatic heterocycles. The molecule has 0 unspecified atom stereocenters. The molecule has 0 amide bonds. The maximum Gasteiger partial charge on any atom is 0.0464 e. The molecular formula is C13H20N2. The Balaban J connectivity index is 5.34. The van der Waals surface area contributed by atoms with E-state index < -0.39 is 0 Å². The van der Waals surface area contributed by atoms with Crippen molar-refractivity contribution >= 4 is 5.71 Å². The minimum absolute atomic E-state index is 0.771. The highest BCUT2D eigenvalue weighted by atomic mass is 14.7. The fourth-order valence-corrected chi connectivity index (χ4v) is 1.49. The first kappa shape index (κ1) is 13.4. The van der Waals surface area contributed by atoms with Crippen molar-refractivity contribution in [3.8, 4) is 0 Å². The summed E-state index contributed by atoms with van der Waals surface area (Å²) in [7, 11) is 0. The van der Waals surface area contributed by atoms with Gasteiger partial charge in [0.1, 0.15) is 0 Å². The van der Waals surface area contributed by atoms with E-state index in [2.05, 4.69) is 18.2 Å². The van der Waals surface area contributed by atoms with Crippen LogP contribution in [0.3, 0.4) is 0 Å². The molecule has 2 heteroatoms. The van der Waals surface area contributed by atoms with Crippen LogP contribution in [-0.4, -0.2) is 5.71 Å². The molecule has 15 heavy (non-hydrogen) atoms. The minimum atomic E-state index is 0.771. The van der Waals surface area contributed by atoms with Gasteiger partial charge in [0.15, 0.2) is 0 Å². The van der Waals surface area contributed by atoms with E-state index in [0.29, 0.717) is 0 Å². The number of nitrogens with zero attached hydrogens (tertiary/aromatic N) is 1. The molecule has 0 fully saturated rings. The Labute approximate surface area is 92.6 Å². The third-order valence-corrected chi connectivity index (χ3v) is 2.07. The van der Waals surface area contributed by atoms with Crippen LogP contribution in [0.15, 0.2) is 53.3 Å². The summed E-state index contributed by atoms with van der Waals surface area (Å²) in [5.74, 6) is 0. The molecule has 0 aliphatic rings. The number of hydrogen-bond donors (Lipinski definition) is 1. The Morgan fingerprint density at radius 2 is 1.93 bits per heavy atom. The first-order chi connectivity index (χ1) is 7.08. The lowest BCUT2D eigenvalue weighted by Gasteiger charge is -2.12. The maximum atomic E-state index is 5.86. The van der Waals surface area contributed by atoms with Crippen LogP contribution in [0.4, 0.5) is 0 Å². The minimum Gasteiger partial charge on any atom is -0.402 e. The highest BCUT2D eigenvalue weighted by molar-refractivity contribution is 6.03. The maximum absolute atomic E-state index is 5.86. The lowest BCUT2D eigenvalue weighted by atomic mass is 9.97. The second-order valence-corrected chi connectivity index (χ2v) is 3.26. The SMILES string of the molecule is C=CCC(=C/C)/C(C(C)=NC=C)=C(/C)N. The van der Waals surface area contributed by atoms with Gasteiger partial charge in [-0.15, -0.1) is 6.58 Å². The quantitative estimate of drug-likeness (QED) is 0.416. The molecule has 82 valence electrons. The zero-order valence-electron chi connectivity index (χ0n) is 9.88. The Morgan fingerprint density at radius 3 is 2.27 bits per heavy atom. The molecule has 2 nitrogen and oxygen atoms in total. The van der Waals surface area contributed by atoms with Gasteiger partial charge < -0.3 is 5.73 Å². The number of rotatable bonds is 5. The van der Waals surface area contributed by atoms with Crippen molar-refractivity contribution in [2.45, 2.75) is 27.2 Å². The summed E-state index contributed by atoms with van der Waals surface area (Å²) in [6.45, 7) is 13.1. The number of nitrogens with two attached hydrogens (primary N) is 1. The first-order valence-corrected chi connectivity index (χ1v) is 4.96. The van der Waals surface area contributed by atoms with Crippen LogP contribution in [-0.2, 0) is 0 Å². The highest BCUT2D eigenvalue weighted by Crippen LogP contribution is 2.18. The second-order valence-electron chi connectivity index (χ2n) is 3.26. The third kappa shape index (κ3) is 3.98. The largest absolute Gasteiger partial charge is 0.402 e. The van der Waals surface area contributed by atoms with E-state index in [4.69, 9.17) is 5.73 Å². The van der Waals surface area contributed by atoms with E-state index in [1.807, 2.05) is 32.9 Å². The van der Waals surface area contributed by atoms with Gasteiger partial charge in [0, 0.05) is 23.2 Å². The summed E-state index contributed by atoms with van der Waals surface area (Å²) >= 11 is 0. The molecule has 0 saturated heterocycles. The Morgan fingerprint density at radius 1 is 1.33 bits per heavy atom. The summed E-state index contributed by atoms with van der Waals surface area (Å²) in [6.07, 6.45) is 6.22. The highest BCUT2D eigenvalue weighted by Gasteiger charge is 2.08. The van der Waals surface area contributed by atoms with Gasteiger partial charge in [0.05, 0.1) is 0 Å². The van der Waals surface area contributed by atoms with Crippen molar-refractivity contribution in [3.05, 3.63) is 48.4 Å². The standard InChI is InChI=1S/C13H20N2/c1-6-9-12(7-2)13(10(4)14)11(5)15-8-3/h6-8H,1,3,9,14H2,2,4-5H3/b12-7-,13-10-,15-11?. The van der Waals surface area contributed by atoms with E-state index in [-0.39, 0.29) is 0 Å². The summed E-state index contributed by atoms with van der Waals surface area (Å²) in [6, 6.07) is 0. The van der Waals surface area contributed by atoms with E-state index in [9.17, 15) is 0 Å². The smallest absolute Gasteiger partial charge is 0.0464 e. The van der Waals surface area contributed by atoms with Crippen LogP contribution >= 0.6 is 0 Å². The van der Waals surface area contributed by atoms with Crippen LogP contribution < -0.4 is 5.73 Å². The van der Waals surface area contributed by atoms with E-state index in [1.54, 1.807) is 0 Å². The van der Waals surface area contributed by atoms with Gasteiger partial charge in [-0.2, -0.15) is 0 Å². The summed E-state index contributed by atoms with van der Waals surface area (Å²) < 4.78 is 0. The molecule has 0 bridgehead atoms. The fraction of sp³-hybridized carbons (Fsp3) is 0.308. The Bertz CT molecular complexity index is 326. The van der Waals surface area contributed by atoms with Crippen LogP contribution in [0.2, 0.25) is 0 Å². The van der Waals surface area contributed by atoms with Gasteiger partial charge in [0.25, 0.3) is 0 Å². The lowest BCUT2D eigenvalue weighted by molar-refractivity contribution is 1.18. The zero-order chi connectivity index (χ0) is 11.8. The van der Waals surface area contributed by atoms with Crippen LogP contribution in [0.1, 0.15) is 27.2 Å². The predicted molar refractivity (Wildman–Crippen MR) is 68.8 cm³/mol. The van der Waals surface area contributed by atoms with Gasteiger partial charge in [-0.05, 0) is 32.8 Å². The van der Waals surface area contributed by atoms with Crippen LogP contribution in [0.5, 0.6) is 0 Å². The Hall–Kier alpha value is -1.57. The zero-order valence-corrected chi connectivity index (χ0v) is 9.88. The first-order valence-electron chi connectivity index (χ1n) is 4.96.